The molecule has 0 radical (unpaired) electrons. The van der Waals surface area contributed by atoms with Crippen LogP contribution in [0.4, 0.5) is 15.9 Å². The number of aromatic nitrogens is 2. The summed E-state index contributed by atoms with van der Waals surface area (Å²) in [6.45, 7) is 3.01. The van der Waals surface area contributed by atoms with Gasteiger partial charge in [-0.25, -0.2) is 14.4 Å². The second-order valence-corrected chi connectivity index (χ2v) is 8.64. The zero-order chi connectivity index (χ0) is 22.4. The molecule has 0 spiro atoms. The fourth-order valence-corrected chi connectivity index (χ4v) is 4.76. The number of nitrogens with one attached hydrogen (secondary N) is 1. The van der Waals surface area contributed by atoms with E-state index in [0.29, 0.717) is 53.1 Å². The summed E-state index contributed by atoms with van der Waals surface area (Å²) in [7, 11) is 1.58. The van der Waals surface area contributed by atoms with Crippen LogP contribution in [0.1, 0.15) is 13.3 Å². The van der Waals surface area contributed by atoms with Crippen LogP contribution in [-0.4, -0.2) is 47.1 Å². The van der Waals surface area contributed by atoms with Gasteiger partial charge in [0.15, 0.2) is 17.3 Å². The zero-order valence-corrected chi connectivity index (χ0v) is 18.4. The molecule has 1 aliphatic heterocycles. The monoisotopic (exact) mass is 456 g/mol. The van der Waals surface area contributed by atoms with Crippen molar-refractivity contribution in [1.29, 1.82) is 0 Å². The summed E-state index contributed by atoms with van der Waals surface area (Å²) in [5.41, 5.74) is 0.847. The summed E-state index contributed by atoms with van der Waals surface area (Å²) in [6, 6.07) is 8.33. The molecular formula is C23H22ClFN4O3. The van der Waals surface area contributed by atoms with E-state index < -0.39 is 5.82 Å². The second kappa shape index (κ2) is 8.09. The summed E-state index contributed by atoms with van der Waals surface area (Å²) >= 11 is 5.91. The fourth-order valence-electron chi connectivity index (χ4n) is 4.58. The van der Waals surface area contributed by atoms with Gasteiger partial charge < -0.3 is 19.7 Å². The normalized spacial score (nSPS) is 21.8. The molecule has 3 aromatic rings. The van der Waals surface area contributed by atoms with Gasteiger partial charge >= 0.3 is 0 Å². The van der Waals surface area contributed by atoms with Crippen molar-refractivity contribution >= 4 is 39.9 Å². The van der Waals surface area contributed by atoms with E-state index in [0.717, 1.165) is 6.42 Å². The van der Waals surface area contributed by atoms with E-state index >= 15 is 0 Å². The lowest BCUT2D eigenvalue weighted by molar-refractivity contribution is -0.145. The third-order valence-corrected chi connectivity index (χ3v) is 6.57. The number of hydrogen-bond acceptors (Lipinski definition) is 6. The summed E-state index contributed by atoms with van der Waals surface area (Å²) in [5, 5.41) is 3.70. The molecule has 2 aromatic carbocycles. The lowest BCUT2D eigenvalue weighted by atomic mass is 9.68. The van der Waals surface area contributed by atoms with Gasteiger partial charge in [-0.2, -0.15) is 0 Å². The summed E-state index contributed by atoms with van der Waals surface area (Å²) in [6.07, 6.45) is 2.47. The average Bonchev–Trinajstić information content (AvgIpc) is 2.80. The van der Waals surface area contributed by atoms with Crippen LogP contribution in [0.5, 0.6) is 11.5 Å². The van der Waals surface area contributed by atoms with Crippen molar-refractivity contribution in [1.82, 2.24) is 14.9 Å². The molecule has 9 heteroatoms. The van der Waals surface area contributed by atoms with Crippen molar-refractivity contribution in [2.24, 2.45) is 11.8 Å². The summed E-state index contributed by atoms with van der Waals surface area (Å²) in [5.74, 6) is 1.70. The van der Waals surface area contributed by atoms with Crippen LogP contribution in [-0.2, 0) is 4.79 Å². The number of piperidine rings is 2. The first-order chi connectivity index (χ1) is 15.4. The largest absolute Gasteiger partial charge is 0.493 e. The maximum Gasteiger partial charge on any atom is 0.219 e. The van der Waals surface area contributed by atoms with Crippen LogP contribution in [0.25, 0.3) is 10.9 Å². The molecule has 3 atom stereocenters. The lowest BCUT2D eigenvalue weighted by Gasteiger charge is -2.52. The quantitative estimate of drug-likeness (QED) is 0.612. The van der Waals surface area contributed by atoms with Crippen molar-refractivity contribution in [3.05, 3.63) is 47.5 Å². The Morgan fingerprint density at radius 1 is 1.22 bits per heavy atom. The molecule has 2 bridgehead atoms. The number of likely N-dealkylation sites (tertiary alicyclic amines) is 1. The zero-order valence-electron chi connectivity index (χ0n) is 17.6. The Morgan fingerprint density at radius 3 is 2.72 bits per heavy atom. The molecule has 2 fully saturated rings. The molecule has 2 aliphatic rings. The number of carbonyl (C=O) groups excluding carboxylic acids is 1. The Hall–Kier alpha value is -3.13. The fraction of sp³-hybridized carbons (Fsp3) is 0.348. The van der Waals surface area contributed by atoms with Crippen molar-refractivity contribution in [3.63, 3.8) is 0 Å². The van der Waals surface area contributed by atoms with E-state index in [9.17, 15) is 9.18 Å². The summed E-state index contributed by atoms with van der Waals surface area (Å²) in [4.78, 5) is 22.2. The molecule has 32 heavy (non-hydrogen) atoms. The first-order valence-electron chi connectivity index (χ1n) is 10.4. The Labute approximate surface area is 189 Å². The topological polar surface area (TPSA) is 76.6 Å². The standard InChI is InChI=1S/C23H22ClFN4O3/c1-12(30)29-9-13-6-14(10-29)22(13)32-20-7-15-18(8-19(20)31-2)26-11-27-23(15)28-17-5-3-4-16(24)21(17)25/h3-5,7-8,11,13-14,22H,6,9-10H2,1-2H3,(H,26,27,28)/t13-,14+,22?. The van der Waals surface area contributed by atoms with Gasteiger partial charge in [0.25, 0.3) is 0 Å². The van der Waals surface area contributed by atoms with E-state index in [1.54, 1.807) is 32.2 Å². The van der Waals surface area contributed by atoms with Crippen LogP contribution in [0.2, 0.25) is 5.02 Å². The maximum atomic E-state index is 14.4. The Bertz CT molecular complexity index is 1200. The van der Waals surface area contributed by atoms with Crippen LogP contribution in [0.15, 0.2) is 36.7 Å². The van der Waals surface area contributed by atoms with Gasteiger partial charge in [0.2, 0.25) is 5.91 Å². The highest BCUT2D eigenvalue weighted by Crippen LogP contribution is 2.45. The van der Waals surface area contributed by atoms with Gasteiger partial charge in [-0.3, -0.25) is 4.79 Å². The van der Waals surface area contributed by atoms with Crippen molar-refractivity contribution in [2.75, 3.05) is 25.5 Å². The van der Waals surface area contributed by atoms with Gasteiger partial charge in [-0.05, 0) is 24.6 Å². The number of anilines is 2. The predicted molar refractivity (Wildman–Crippen MR) is 119 cm³/mol. The van der Waals surface area contributed by atoms with E-state index in [2.05, 4.69) is 15.3 Å². The van der Waals surface area contributed by atoms with Gasteiger partial charge in [-0.15, -0.1) is 0 Å². The van der Waals surface area contributed by atoms with E-state index in [-0.39, 0.29) is 22.7 Å². The molecule has 166 valence electrons. The van der Waals surface area contributed by atoms with Crippen molar-refractivity contribution < 1.29 is 18.7 Å². The number of rotatable bonds is 5. The number of benzene rings is 2. The number of carbonyl (C=O) groups is 1. The molecule has 1 aromatic heterocycles. The van der Waals surface area contributed by atoms with Crippen molar-refractivity contribution in [2.45, 2.75) is 19.4 Å². The smallest absolute Gasteiger partial charge is 0.219 e. The number of ether oxygens (including phenoxy) is 2. The molecule has 1 amide bonds. The molecule has 5 rings (SSSR count). The predicted octanol–water partition coefficient (Wildman–Crippen LogP) is 4.42. The van der Waals surface area contributed by atoms with Gasteiger partial charge in [0, 0.05) is 43.3 Å². The van der Waals surface area contributed by atoms with Crippen LogP contribution >= 0.6 is 11.6 Å². The molecule has 1 saturated heterocycles. The lowest BCUT2D eigenvalue weighted by Crippen LogP contribution is -2.61. The first kappa shape index (κ1) is 20.8. The first-order valence-corrected chi connectivity index (χ1v) is 10.8. The Morgan fingerprint density at radius 2 is 2.00 bits per heavy atom. The molecule has 2 heterocycles. The number of hydrogen-bond donors (Lipinski definition) is 1. The third-order valence-electron chi connectivity index (χ3n) is 6.28. The van der Waals surface area contributed by atoms with E-state index in [1.165, 1.54) is 12.4 Å². The molecular weight excluding hydrogens is 435 g/mol. The number of nitrogens with zero attached hydrogens (tertiary/aromatic N) is 3. The SMILES string of the molecule is COc1cc2ncnc(Nc3cccc(Cl)c3F)c2cc1OC1[C@@H]2C[C@H]1CN(C(C)=O)C2. The van der Waals surface area contributed by atoms with Crippen LogP contribution < -0.4 is 14.8 Å². The van der Waals surface area contributed by atoms with E-state index in [1.807, 2.05) is 11.0 Å². The van der Waals surface area contributed by atoms with E-state index in [4.69, 9.17) is 21.1 Å². The number of fused-ring (bicyclic) bond motifs is 3. The molecule has 1 aliphatic carbocycles. The van der Waals surface area contributed by atoms with Gasteiger partial charge in [0.1, 0.15) is 18.2 Å². The minimum Gasteiger partial charge on any atom is -0.493 e. The van der Waals surface area contributed by atoms with Gasteiger partial charge in [0.05, 0.1) is 23.3 Å². The maximum absolute atomic E-state index is 14.4. The van der Waals surface area contributed by atoms with Crippen LogP contribution in [0, 0.1) is 17.7 Å². The number of halogens is 2. The number of methoxy groups -OCH3 is 1. The van der Waals surface area contributed by atoms with Crippen molar-refractivity contribution in [3.8, 4) is 11.5 Å². The highest BCUT2D eigenvalue weighted by atomic mass is 35.5. The molecule has 1 saturated carbocycles. The highest BCUT2D eigenvalue weighted by Gasteiger charge is 2.49. The highest BCUT2D eigenvalue weighted by molar-refractivity contribution is 6.31. The Kier molecular flexibility index (Phi) is 5.25. The molecule has 1 unspecified atom stereocenters. The molecule has 7 nitrogen and oxygen atoms in total. The second-order valence-electron chi connectivity index (χ2n) is 8.23. The Balaban J connectivity index is 1.47. The van der Waals surface area contributed by atoms with Gasteiger partial charge in [-0.1, -0.05) is 17.7 Å². The number of amides is 1. The third kappa shape index (κ3) is 3.58. The molecule has 1 N–H and O–H groups in total. The average molecular weight is 457 g/mol. The minimum absolute atomic E-state index is 0.0170. The minimum atomic E-state index is -0.553. The van der Waals surface area contributed by atoms with Crippen LogP contribution in [0.3, 0.4) is 0 Å². The summed E-state index contributed by atoms with van der Waals surface area (Å²) < 4.78 is 26.4.